The summed E-state index contributed by atoms with van der Waals surface area (Å²) < 4.78 is 0. The normalized spacial score (nSPS) is 10.2. The Labute approximate surface area is 141 Å². The second kappa shape index (κ2) is 9.47. The lowest BCUT2D eigenvalue weighted by molar-refractivity contribution is -0.116. The van der Waals surface area contributed by atoms with Gasteiger partial charge in [0, 0.05) is 30.8 Å². The van der Waals surface area contributed by atoms with Crippen LogP contribution in [0, 0.1) is 0 Å². The van der Waals surface area contributed by atoms with E-state index in [2.05, 4.69) is 10.6 Å². The van der Waals surface area contributed by atoms with Gasteiger partial charge in [-0.3, -0.25) is 9.59 Å². The van der Waals surface area contributed by atoms with Crippen LogP contribution in [0.15, 0.2) is 54.6 Å². The van der Waals surface area contributed by atoms with Crippen molar-refractivity contribution in [1.29, 1.82) is 0 Å². The van der Waals surface area contributed by atoms with Gasteiger partial charge in [0.15, 0.2) is 0 Å². The zero-order valence-electron chi connectivity index (χ0n) is 13.5. The molecule has 3 N–H and O–H groups in total. The van der Waals surface area contributed by atoms with E-state index >= 15 is 0 Å². The molecule has 0 saturated carbocycles. The summed E-state index contributed by atoms with van der Waals surface area (Å²) in [5, 5.41) is 14.2. The van der Waals surface area contributed by atoms with Gasteiger partial charge in [0.1, 0.15) is 0 Å². The summed E-state index contributed by atoms with van der Waals surface area (Å²) in [5.41, 5.74) is 2.32. The minimum atomic E-state index is -0.189. The number of rotatable bonds is 8. The van der Waals surface area contributed by atoms with Crippen molar-refractivity contribution in [1.82, 2.24) is 5.32 Å². The van der Waals surface area contributed by atoms with E-state index in [0.29, 0.717) is 37.1 Å². The first-order chi connectivity index (χ1) is 11.7. The lowest BCUT2D eigenvalue weighted by Gasteiger charge is -2.07. The number of nitrogens with one attached hydrogen (secondary N) is 2. The van der Waals surface area contributed by atoms with E-state index in [0.717, 1.165) is 5.56 Å². The Balaban J connectivity index is 1.80. The molecule has 2 aromatic carbocycles. The van der Waals surface area contributed by atoms with Crippen LogP contribution in [-0.2, 0) is 11.2 Å². The standard InChI is InChI=1S/C19H22N2O3/c22-14-4-13-20-19(24)16-8-10-17(11-9-16)21-18(23)12-7-15-5-2-1-3-6-15/h1-3,5-6,8-11,22H,4,7,12-14H2,(H,20,24)(H,21,23). The number of benzene rings is 2. The number of aliphatic hydroxyl groups is 1. The van der Waals surface area contributed by atoms with E-state index < -0.39 is 0 Å². The zero-order valence-corrected chi connectivity index (χ0v) is 13.5. The topological polar surface area (TPSA) is 78.4 Å². The Morgan fingerprint density at radius 2 is 1.67 bits per heavy atom. The molecule has 5 heteroatoms. The van der Waals surface area contributed by atoms with Crippen LogP contribution < -0.4 is 10.6 Å². The van der Waals surface area contributed by atoms with Gasteiger partial charge in [0.05, 0.1) is 0 Å². The van der Waals surface area contributed by atoms with Gasteiger partial charge in [-0.05, 0) is 42.7 Å². The highest BCUT2D eigenvalue weighted by molar-refractivity contribution is 5.95. The summed E-state index contributed by atoms with van der Waals surface area (Å²) in [6.07, 6.45) is 1.63. The summed E-state index contributed by atoms with van der Waals surface area (Å²) in [7, 11) is 0. The number of carbonyl (C=O) groups excluding carboxylic acids is 2. The number of aliphatic hydroxyl groups excluding tert-OH is 1. The molecule has 0 aliphatic heterocycles. The fraction of sp³-hybridized carbons (Fsp3) is 0.263. The average Bonchev–Trinajstić information content (AvgIpc) is 2.61. The first-order valence-corrected chi connectivity index (χ1v) is 8.02. The Morgan fingerprint density at radius 3 is 2.33 bits per heavy atom. The second-order valence-corrected chi connectivity index (χ2v) is 5.44. The van der Waals surface area contributed by atoms with Crippen molar-refractivity contribution in [3.8, 4) is 0 Å². The molecule has 126 valence electrons. The molecule has 0 atom stereocenters. The lowest BCUT2D eigenvalue weighted by atomic mass is 10.1. The van der Waals surface area contributed by atoms with Gasteiger partial charge in [-0.1, -0.05) is 30.3 Å². The monoisotopic (exact) mass is 326 g/mol. The van der Waals surface area contributed by atoms with Crippen molar-refractivity contribution < 1.29 is 14.7 Å². The highest BCUT2D eigenvalue weighted by Gasteiger charge is 2.06. The summed E-state index contributed by atoms with van der Waals surface area (Å²) in [4.78, 5) is 23.8. The maximum Gasteiger partial charge on any atom is 0.251 e. The molecular weight excluding hydrogens is 304 g/mol. The van der Waals surface area contributed by atoms with Gasteiger partial charge < -0.3 is 15.7 Å². The summed E-state index contributed by atoms with van der Waals surface area (Å²) >= 11 is 0. The van der Waals surface area contributed by atoms with Gasteiger partial charge in [0.2, 0.25) is 5.91 Å². The fourth-order valence-electron chi connectivity index (χ4n) is 2.21. The Bertz CT molecular complexity index is 654. The van der Waals surface area contributed by atoms with Crippen LogP contribution in [0.5, 0.6) is 0 Å². The van der Waals surface area contributed by atoms with Crippen LogP contribution in [0.4, 0.5) is 5.69 Å². The molecule has 0 aliphatic carbocycles. The average molecular weight is 326 g/mol. The molecular formula is C19H22N2O3. The number of amides is 2. The number of anilines is 1. The van der Waals surface area contributed by atoms with Crippen LogP contribution in [0.25, 0.3) is 0 Å². The van der Waals surface area contributed by atoms with Crippen molar-refractivity contribution in [2.45, 2.75) is 19.3 Å². The minimum absolute atomic E-state index is 0.0498. The Morgan fingerprint density at radius 1 is 0.958 bits per heavy atom. The maximum absolute atomic E-state index is 12.0. The molecule has 5 nitrogen and oxygen atoms in total. The van der Waals surface area contributed by atoms with Crippen LogP contribution in [0.2, 0.25) is 0 Å². The van der Waals surface area contributed by atoms with Crippen molar-refractivity contribution in [3.05, 3.63) is 65.7 Å². The molecule has 0 spiro atoms. The minimum Gasteiger partial charge on any atom is -0.396 e. The quantitative estimate of drug-likeness (QED) is 0.652. The Hall–Kier alpha value is -2.66. The van der Waals surface area contributed by atoms with E-state index in [1.165, 1.54) is 0 Å². The van der Waals surface area contributed by atoms with Gasteiger partial charge in [-0.2, -0.15) is 0 Å². The van der Waals surface area contributed by atoms with Crippen molar-refractivity contribution in [3.63, 3.8) is 0 Å². The molecule has 0 aromatic heterocycles. The number of carbonyl (C=O) groups is 2. The van der Waals surface area contributed by atoms with E-state index in [1.807, 2.05) is 30.3 Å². The molecule has 2 aromatic rings. The van der Waals surface area contributed by atoms with Gasteiger partial charge >= 0.3 is 0 Å². The molecule has 2 rings (SSSR count). The van der Waals surface area contributed by atoms with Crippen LogP contribution in [0.3, 0.4) is 0 Å². The number of hydrogen-bond donors (Lipinski definition) is 3. The highest BCUT2D eigenvalue weighted by Crippen LogP contribution is 2.11. The molecule has 0 heterocycles. The van der Waals surface area contributed by atoms with E-state index in [-0.39, 0.29) is 18.4 Å². The van der Waals surface area contributed by atoms with Crippen molar-refractivity contribution in [2.24, 2.45) is 0 Å². The summed E-state index contributed by atoms with van der Waals surface area (Å²) in [6, 6.07) is 16.6. The van der Waals surface area contributed by atoms with E-state index in [9.17, 15) is 9.59 Å². The third kappa shape index (κ3) is 5.85. The predicted octanol–water partition coefficient (Wildman–Crippen LogP) is 2.37. The molecule has 2 amide bonds. The first kappa shape index (κ1) is 17.7. The molecule has 0 unspecified atom stereocenters. The largest absolute Gasteiger partial charge is 0.396 e. The molecule has 0 aliphatic rings. The number of aryl methyl sites for hydroxylation is 1. The molecule has 0 bridgehead atoms. The second-order valence-electron chi connectivity index (χ2n) is 5.44. The maximum atomic E-state index is 12.0. The molecule has 0 saturated heterocycles. The summed E-state index contributed by atoms with van der Waals surface area (Å²) in [5.74, 6) is -0.246. The van der Waals surface area contributed by atoms with Gasteiger partial charge in [-0.15, -0.1) is 0 Å². The smallest absolute Gasteiger partial charge is 0.251 e. The first-order valence-electron chi connectivity index (χ1n) is 8.02. The highest BCUT2D eigenvalue weighted by atomic mass is 16.3. The summed E-state index contributed by atoms with van der Waals surface area (Å²) in [6.45, 7) is 0.488. The van der Waals surface area contributed by atoms with Crippen LogP contribution >= 0.6 is 0 Å². The van der Waals surface area contributed by atoms with Gasteiger partial charge in [0.25, 0.3) is 5.91 Å². The molecule has 24 heavy (non-hydrogen) atoms. The van der Waals surface area contributed by atoms with Crippen LogP contribution in [0.1, 0.15) is 28.8 Å². The predicted molar refractivity (Wildman–Crippen MR) is 93.9 cm³/mol. The van der Waals surface area contributed by atoms with E-state index in [1.54, 1.807) is 24.3 Å². The molecule has 0 radical (unpaired) electrons. The van der Waals surface area contributed by atoms with Crippen molar-refractivity contribution in [2.75, 3.05) is 18.5 Å². The van der Waals surface area contributed by atoms with E-state index in [4.69, 9.17) is 5.11 Å². The van der Waals surface area contributed by atoms with Crippen LogP contribution in [-0.4, -0.2) is 30.1 Å². The Kier molecular flexibility index (Phi) is 6.98. The van der Waals surface area contributed by atoms with Gasteiger partial charge in [-0.25, -0.2) is 0 Å². The third-order valence-corrected chi connectivity index (χ3v) is 3.53. The lowest BCUT2D eigenvalue weighted by Crippen LogP contribution is -2.25. The SMILES string of the molecule is O=C(CCc1ccccc1)Nc1ccc(C(=O)NCCCO)cc1. The van der Waals surface area contributed by atoms with Crippen molar-refractivity contribution >= 4 is 17.5 Å². The zero-order chi connectivity index (χ0) is 17.2. The third-order valence-electron chi connectivity index (χ3n) is 3.53. The molecule has 0 fully saturated rings. The fourth-order valence-corrected chi connectivity index (χ4v) is 2.21. The number of hydrogen-bond acceptors (Lipinski definition) is 3.